The van der Waals surface area contributed by atoms with Gasteiger partial charge < -0.3 is 10.1 Å². The van der Waals surface area contributed by atoms with Crippen LogP contribution in [0.1, 0.15) is 19.8 Å². The summed E-state index contributed by atoms with van der Waals surface area (Å²) in [5, 5.41) is 2.50. The van der Waals surface area contributed by atoms with E-state index in [1.54, 1.807) is 6.92 Å². The molecule has 1 aliphatic rings. The molecule has 0 amide bonds. The van der Waals surface area contributed by atoms with Gasteiger partial charge in [0.2, 0.25) is 11.9 Å². The Balaban J connectivity index is 2.07. The standard InChI is InChI=1S/C10H18N6O3S/c1-2-19-10-14-8(13-9(15-10)16-11)12-6-7-4-3-5-20(7,17)18/h7H,2-6,11H2,1H3,(H2,12,13,14,15,16). The van der Waals surface area contributed by atoms with Gasteiger partial charge in [-0.3, -0.25) is 5.43 Å². The van der Waals surface area contributed by atoms with Crippen molar-refractivity contribution in [1.29, 1.82) is 0 Å². The van der Waals surface area contributed by atoms with Gasteiger partial charge in [-0.2, -0.15) is 15.0 Å². The van der Waals surface area contributed by atoms with Crippen molar-refractivity contribution in [1.82, 2.24) is 15.0 Å². The van der Waals surface area contributed by atoms with Gasteiger partial charge in [-0.15, -0.1) is 0 Å². The van der Waals surface area contributed by atoms with Crippen LogP contribution in [0, 0.1) is 0 Å². The van der Waals surface area contributed by atoms with E-state index in [9.17, 15) is 8.42 Å². The van der Waals surface area contributed by atoms with Crippen LogP contribution in [0.25, 0.3) is 0 Å². The van der Waals surface area contributed by atoms with Crippen molar-refractivity contribution in [3.05, 3.63) is 0 Å². The normalized spacial score (nSPS) is 20.6. The van der Waals surface area contributed by atoms with Gasteiger partial charge in [-0.25, -0.2) is 14.3 Å². The molecule has 0 aliphatic carbocycles. The van der Waals surface area contributed by atoms with Crippen molar-refractivity contribution in [2.24, 2.45) is 5.84 Å². The molecule has 1 saturated heterocycles. The first-order valence-electron chi connectivity index (χ1n) is 6.36. The fourth-order valence-corrected chi connectivity index (χ4v) is 3.75. The Hall–Kier alpha value is -1.68. The lowest BCUT2D eigenvalue weighted by Gasteiger charge is -2.12. The largest absolute Gasteiger partial charge is 0.464 e. The SMILES string of the molecule is CCOc1nc(NN)nc(NCC2CCCS2(=O)=O)n1. The topological polar surface area (TPSA) is 132 Å². The third-order valence-corrected chi connectivity index (χ3v) is 5.24. The highest BCUT2D eigenvalue weighted by atomic mass is 32.2. The first kappa shape index (κ1) is 14.7. The van der Waals surface area contributed by atoms with Crippen molar-refractivity contribution in [3.8, 4) is 6.01 Å². The lowest BCUT2D eigenvalue weighted by atomic mass is 10.2. The minimum Gasteiger partial charge on any atom is -0.464 e. The number of anilines is 2. The van der Waals surface area contributed by atoms with Gasteiger partial charge in [-0.05, 0) is 19.8 Å². The summed E-state index contributed by atoms with van der Waals surface area (Å²) in [7, 11) is -3.00. The number of nitrogens with one attached hydrogen (secondary N) is 2. The van der Waals surface area contributed by atoms with Gasteiger partial charge in [-0.1, -0.05) is 0 Å². The zero-order valence-corrected chi connectivity index (χ0v) is 12.0. The molecule has 1 aromatic heterocycles. The maximum atomic E-state index is 11.7. The summed E-state index contributed by atoms with van der Waals surface area (Å²) in [6, 6.07) is 0.132. The molecule has 0 radical (unpaired) electrons. The summed E-state index contributed by atoms with van der Waals surface area (Å²) >= 11 is 0. The maximum Gasteiger partial charge on any atom is 0.323 e. The predicted octanol–water partition coefficient (Wildman–Crippen LogP) is -0.455. The average molecular weight is 302 g/mol. The van der Waals surface area contributed by atoms with Gasteiger partial charge in [0.1, 0.15) is 0 Å². The molecule has 9 nitrogen and oxygen atoms in total. The average Bonchev–Trinajstić information content (AvgIpc) is 2.75. The highest BCUT2D eigenvalue weighted by Gasteiger charge is 2.31. The molecule has 10 heteroatoms. The minimum absolute atomic E-state index is 0.132. The van der Waals surface area contributed by atoms with E-state index < -0.39 is 15.1 Å². The monoisotopic (exact) mass is 302 g/mol. The van der Waals surface area contributed by atoms with E-state index in [-0.39, 0.29) is 30.2 Å². The molecule has 2 rings (SSSR count). The third kappa shape index (κ3) is 3.45. The number of rotatable bonds is 6. The molecule has 0 aromatic carbocycles. The Morgan fingerprint density at radius 3 is 2.70 bits per heavy atom. The second-order valence-electron chi connectivity index (χ2n) is 4.35. The molecule has 1 fully saturated rings. The molecule has 1 unspecified atom stereocenters. The van der Waals surface area contributed by atoms with Crippen LogP contribution in [0.4, 0.5) is 11.9 Å². The first-order valence-corrected chi connectivity index (χ1v) is 8.07. The number of nitrogens with zero attached hydrogens (tertiary/aromatic N) is 3. The lowest BCUT2D eigenvalue weighted by Crippen LogP contribution is -2.26. The molecular weight excluding hydrogens is 284 g/mol. The van der Waals surface area contributed by atoms with E-state index >= 15 is 0 Å². The predicted molar refractivity (Wildman–Crippen MR) is 74.1 cm³/mol. The summed E-state index contributed by atoms with van der Waals surface area (Å²) in [5.41, 5.74) is 2.31. The minimum atomic E-state index is -3.00. The Morgan fingerprint density at radius 2 is 2.10 bits per heavy atom. The van der Waals surface area contributed by atoms with Gasteiger partial charge in [0.15, 0.2) is 9.84 Å². The van der Waals surface area contributed by atoms with Gasteiger partial charge in [0.25, 0.3) is 0 Å². The van der Waals surface area contributed by atoms with Crippen LogP contribution in [0.3, 0.4) is 0 Å². The van der Waals surface area contributed by atoms with Gasteiger partial charge >= 0.3 is 6.01 Å². The quantitative estimate of drug-likeness (QED) is 0.472. The molecule has 20 heavy (non-hydrogen) atoms. The highest BCUT2D eigenvalue weighted by Crippen LogP contribution is 2.20. The zero-order valence-electron chi connectivity index (χ0n) is 11.2. The Kier molecular flexibility index (Phi) is 4.55. The van der Waals surface area contributed by atoms with Gasteiger partial charge in [0.05, 0.1) is 17.6 Å². The van der Waals surface area contributed by atoms with E-state index in [1.807, 2.05) is 0 Å². The number of aromatic nitrogens is 3. The zero-order chi connectivity index (χ0) is 14.6. The smallest absolute Gasteiger partial charge is 0.323 e. The summed E-state index contributed by atoms with van der Waals surface area (Å²) in [6.45, 7) is 2.48. The van der Waals surface area contributed by atoms with Crippen LogP contribution < -0.4 is 21.3 Å². The molecule has 0 spiro atoms. The number of hydrazine groups is 1. The molecule has 0 bridgehead atoms. The summed E-state index contributed by atoms with van der Waals surface area (Å²) < 4.78 is 28.6. The second kappa shape index (κ2) is 6.18. The van der Waals surface area contributed by atoms with Crippen LogP contribution in [-0.4, -0.2) is 47.5 Å². The number of ether oxygens (including phenoxy) is 1. The molecule has 1 aromatic rings. The van der Waals surface area contributed by atoms with Crippen molar-refractivity contribution in [2.45, 2.75) is 25.0 Å². The molecule has 0 saturated carbocycles. The molecule has 2 heterocycles. The van der Waals surface area contributed by atoms with Crippen LogP contribution in [0.5, 0.6) is 6.01 Å². The first-order chi connectivity index (χ1) is 9.55. The van der Waals surface area contributed by atoms with Crippen LogP contribution >= 0.6 is 0 Å². The van der Waals surface area contributed by atoms with Crippen molar-refractivity contribution < 1.29 is 13.2 Å². The fourth-order valence-electron chi connectivity index (χ4n) is 1.99. The Morgan fingerprint density at radius 1 is 1.35 bits per heavy atom. The van der Waals surface area contributed by atoms with Crippen molar-refractivity contribution in [3.63, 3.8) is 0 Å². The number of hydrogen-bond donors (Lipinski definition) is 3. The number of nitrogens with two attached hydrogens (primary N) is 1. The molecule has 1 atom stereocenters. The van der Waals surface area contributed by atoms with E-state index in [0.29, 0.717) is 19.4 Å². The number of sulfone groups is 1. The molecule has 1 aliphatic heterocycles. The third-order valence-electron chi connectivity index (χ3n) is 2.97. The van der Waals surface area contributed by atoms with Crippen LogP contribution in [-0.2, 0) is 9.84 Å². The molecular formula is C10H18N6O3S. The lowest BCUT2D eigenvalue weighted by molar-refractivity contribution is 0.312. The van der Waals surface area contributed by atoms with Crippen molar-refractivity contribution in [2.75, 3.05) is 29.6 Å². The highest BCUT2D eigenvalue weighted by molar-refractivity contribution is 7.92. The van der Waals surface area contributed by atoms with Crippen LogP contribution in [0.15, 0.2) is 0 Å². The van der Waals surface area contributed by atoms with E-state index in [1.165, 1.54) is 0 Å². The number of hydrogen-bond acceptors (Lipinski definition) is 9. The number of nitrogen functional groups attached to an aromatic ring is 1. The van der Waals surface area contributed by atoms with E-state index in [0.717, 1.165) is 0 Å². The van der Waals surface area contributed by atoms with E-state index in [4.69, 9.17) is 10.6 Å². The van der Waals surface area contributed by atoms with Crippen LogP contribution in [0.2, 0.25) is 0 Å². The summed E-state index contributed by atoms with van der Waals surface area (Å²) in [5.74, 6) is 5.90. The van der Waals surface area contributed by atoms with Crippen molar-refractivity contribution >= 4 is 21.7 Å². The van der Waals surface area contributed by atoms with Gasteiger partial charge in [0, 0.05) is 6.54 Å². The van der Waals surface area contributed by atoms with E-state index in [2.05, 4.69) is 25.7 Å². The summed E-state index contributed by atoms with van der Waals surface area (Å²) in [6.07, 6.45) is 1.35. The second-order valence-corrected chi connectivity index (χ2v) is 6.76. The Bertz CT molecular complexity index is 564. The molecule has 4 N–H and O–H groups in total. The maximum absolute atomic E-state index is 11.7. The fraction of sp³-hybridized carbons (Fsp3) is 0.700. The Labute approximate surface area is 117 Å². The summed E-state index contributed by atoms with van der Waals surface area (Å²) in [4.78, 5) is 11.9. The molecule has 112 valence electrons.